The maximum absolute atomic E-state index is 6.25. The second kappa shape index (κ2) is 9.03. The Kier molecular flexibility index (Phi) is 6.49. The number of methoxy groups -OCH3 is 1. The van der Waals surface area contributed by atoms with E-state index in [1.165, 1.54) is 5.56 Å². The van der Waals surface area contributed by atoms with E-state index >= 15 is 0 Å². The summed E-state index contributed by atoms with van der Waals surface area (Å²) in [7, 11) is 1.64. The Morgan fingerprint density at radius 3 is 2.52 bits per heavy atom. The molecule has 0 amide bonds. The van der Waals surface area contributed by atoms with Crippen molar-refractivity contribution in [1.29, 1.82) is 0 Å². The number of para-hydroxylation sites is 1. The predicted octanol–water partition coefficient (Wildman–Crippen LogP) is 6.50. The summed E-state index contributed by atoms with van der Waals surface area (Å²) in [5.41, 5.74) is 4.11. The van der Waals surface area contributed by atoms with Crippen LogP contribution in [0.3, 0.4) is 0 Å². The van der Waals surface area contributed by atoms with Gasteiger partial charge in [-0.3, -0.25) is 0 Å². The topological polar surface area (TPSA) is 30.5 Å². The fraction of sp³-hybridized carbons (Fsp3) is 0.182. The van der Waals surface area contributed by atoms with Crippen molar-refractivity contribution in [1.82, 2.24) is 0 Å². The van der Waals surface area contributed by atoms with Crippen molar-refractivity contribution in [2.24, 2.45) is 0 Å². The van der Waals surface area contributed by atoms with Gasteiger partial charge in [0.25, 0.3) is 0 Å². The van der Waals surface area contributed by atoms with Gasteiger partial charge < -0.3 is 14.8 Å². The van der Waals surface area contributed by atoms with Crippen LogP contribution in [0.25, 0.3) is 0 Å². The molecular weight excluding hydrogens is 381 g/mol. The summed E-state index contributed by atoms with van der Waals surface area (Å²) in [5.74, 6) is 1.42. The highest BCUT2D eigenvalue weighted by Crippen LogP contribution is 2.33. The SMILES string of the molecule is COc1cccc(CNc2ccc(Cl)cc2Cl)c1OCc1cccc(C)c1. The summed E-state index contributed by atoms with van der Waals surface area (Å²) in [6, 6.07) is 19.5. The van der Waals surface area contributed by atoms with E-state index in [4.69, 9.17) is 32.7 Å². The third-order valence-corrected chi connectivity index (χ3v) is 4.69. The van der Waals surface area contributed by atoms with Crippen LogP contribution >= 0.6 is 23.2 Å². The molecule has 140 valence electrons. The van der Waals surface area contributed by atoms with Gasteiger partial charge in [0, 0.05) is 17.1 Å². The molecule has 0 atom stereocenters. The number of hydrogen-bond donors (Lipinski definition) is 1. The van der Waals surface area contributed by atoms with Gasteiger partial charge in [0.15, 0.2) is 11.5 Å². The highest BCUT2D eigenvalue weighted by atomic mass is 35.5. The summed E-state index contributed by atoms with van der Waals surface area (Å²) < 4.78 is 11.6. The number of benzene rings is 3. The molecule has 3 aromatic rings. The van der Waals surface area contributed by atoms with Crippen LogP contribution in [0.4, 0.5) is 5.69 Å². The molecule has 0 aromatic heterocycles. The first-order valence-electron chi connectivity index (χ1n) is 8.60. The number of anilines is 1. The van der Waals surface area contributed by atoms with Gasteiger partial charge >= 0.3 is 0 Å². The zero-order chi connectivity index (χ0) is 19.2. The number of hydrogen-bond acceptors (Lipinski definition) is 3. The minimum atomic E-state index is 0.469. The maximum Gasteiger partial charge on any atom is 0.166 e. The molecule has 0 heterocycles. The van der Waals surface area contributed by atoms with E-state index in [-0.39, 0.29) is 0 Å². The molecule has 0 aliphatic carbocycles. The van der Waals surface area contributed by atoms with Crippen LogP contribution in [0.2, 0.25) is 10.0 Å². The first kappa shape index (κ1) is 19.4. The van der Waals surface area contributed by atoms with Gasteiger partial charge in [-0.25, -0.2) is 0 Å². The molecule has 0 saturated carbocycles. The number of ether oxygens (including phenoxy) is 2. The van der Waals surface area contributed by atoms with Crippen LogP contribution < -0.4 is 14.8 Å². The zero-order valence-electron chi connectivity index (χ0n) is 15.3. The molecule has 1 N–H and O–H groups in total. The third-order valence-electron chi connectivity index (χ3n) is 4.15. The first-order chi connectivity index (χ1) is 13.1. The molecule has 3 aromatic carbocycles. The van der Waals surface area contributed by atoms with Crippen molar-refractivity contribution in [3.8, 4) is 11.5 Å². The summed E-state index contributed by atoms with van der Waals surface area (Å²) in [6.45, 7) is 3.08. The van der Waals surface area contributed by atoms with Gasteiger partial charge in [0.2, 0.25) is 0 Å². The largest absolute Gasteiger partial charge is 0.493 e. The number of halogens is 2. The predicted molar refractivity (Wildman–Crippen MR) is 112 cm³/mol. The first-order valence-corrected chi connectivity index (χ1v) is 9.35. The third kappa shape index (κ3) is 5.09. The Morgan fingerprint density at radius 2 is 1.78 bits per heavy atom. The van der Waals surface area contributed by atoms with Gasteiger partial charge in [0.1, 0.15) is 6.61 Å². The van der Waals surface area contributed by atoms with Gasteiger partial charge in [-0.05, 0) is 36.8 Å². The molecule has 0 spiro atoms. The Bertz CT molecular complexity index is 928. The van der Waals surface area contributed by atoms with E-state index in [2.05, 4.69) is 24.4 Å². The molecule has 3 rings (SSSR count). The van der Waals surface area contributed by atoms with Crippen LogP contribution in [0.15, 0.2) is 60.7 Å². The van der Waals surface area contributed by atoms with E-state index in [1.54, 1.807) is 19.2 Å². The van der Waals surface area contributed by atoms with Crippen molar-refractivity contribution in [2.45, 2.75) is 20.1 Å². The number of rotatable bonds is 7. The molecule has 0 saturated heterocycles. The molecule has 3 nitrogen and oxygen atoms in total. The van der Waals surface area contributed by atoms with Crippen molar-refractivity contribution in [3.63, 3.8) is 0 Å². The van der Waals surface area contributed by atoms with Crippen LogP contribution in [-0.4, -0.2) is 7.11 Å². The Morgan fingerprint density at radius 1 is 0.963 bits per heavy atom. The fourth-order valence-corrected chi connectivity index (χ4v) is 3.28. The smallest absolute Gasteiger partial charge is 0.166 e. The van der Waals surface area contributed by atoms with Crippen LogP contribution in [0, 0.1) is 6.92 Å². The summed E-state index contributed by atoms with van der Waals surface area (Å²) in [6.07, 6.45) is 0. The van der Waals surface area contributed by atoms with Gasteiger partial charge in [-0.2, -0.15) is 0 Å². The molecule has 0 aliphatic heterocycles. The molecule has 0 aliphatic rings. The van der Waals surface area contributed by atoms with Crippen molar-refractivity contribution in [2.75, 3.05) is 12.4 Å². The van der Waals surface area contributed by atoms with E-state index in [9.17, 15) is 0 Å². The minimum absolute atomic E-state index is 0.469. The second-order valence-electron chi connectivity index (χ2n) is 6.20. The fourth-order valence-electron chi connectivity index (χ4n) is 2.81. The summed E-state index contributed by atoms with van der Waals surface area (Å²) in [4.78, 5) is 0. The van der Waals surface area contributed by atoms with Gasteiger partial charge in [0.05, 0.1) is 17.8 Å². The lowest BCUT2D eigenvalue weighted by atomic mass is 10.1. The van der Waals surface area contributed by atoms with E-state index in [1.807, 2.05) is 36.4 Å². The average Bonchev–Trinajstić information content (AvgIpc) is 2.66. The van der Waals surface area contributed by atoms with E-state index in [0.717, 1.165) is 22.6 Å². The van der Waals surface area contributed by atoms with Crippen molar-refractivity contribution >= 4 is 28.9 Å². The minimum Gasteiger partial charge on any atom is -0.493 e. The quantitative estimate of drug-likeness (QED) is 0.489. The lowest BCUT2D eigenvalue weighted by molar-refractivity contribution is 0.281. The number of aryl methyl sites for hydroxylation is 1. The molecule has 0 bridgehead atoms. The van der Waals surface area contributed by atoms with E-state index in [0.29, 0.717) is 28.9 Å². The molecular formula is C22H21Cl2NO2. The van der Waals surface area contributed by atoms with Crippen LogP contribution in [-0.2, 0) is 13.2 Å². The summed E-state index contributed by atoms with van der Waals surface area (Å²) in [5, 5.41) is 4.51. The second-order valence-corrected chi connectivity index (χ2v) is 7.05. The Balaban J connectivity index is 1.78. The molecule has 5 heteroatoms. The van der Waals surface area contributed by atoms with Crippen molar-refractivity contribution in [3.05, 3.63) is 87.4 Å². The highest BCUT2D eigenvalue weighted by molar-refractivity contribution is 6.36. The van der Waals surface area contributed by atoms with Crippen LogP contribution in [0.1, 0.15) is 16.7 Å². The Labute approximate surface area is 169 Å². The molecule has 0 fully saturated rings. The van der Waals surface area contributed by atoms with E-state index < -0.39 is 0 Å². The molecule has 27 heavy (non-hydrogen) atoms. The monoisotopic (exact) mass is 401 g/mol. The lowest BCUT2D eigenvalue weighted by Crippen LogP contribution is -2.05. The summed E-state index contributed by atoms with van der Waals surface area (Å²) >= 11 is 12.2. The highest BCUT2D eigenvalue weighted by Gasteiger charge is 2.12. The maximum atomic E-state index is 6.25. The zero-order valence-corrected chi connectivity index (χ0v) is 16.8. The standard InChI is InChI=1S/C22H21Cl2NO2/c1-15-5-3-6-16(11-15)14-27-22-17(7-4-8-21(22)26-2)13-25-20-10-9-18(23)12-19(20)24/h3-12,25H,13-14H2,1-2H3. The van der Waals surface area contributed by atoms with Gasteiger partial charge in [-0.1, -0.05) is 65.2 Å². The average molecular weight is 402 g/mol. The van der Waals surface area contributed by atoms with Crippen LogP contribution in [0.5, 0.6) is 11.5 Å². The molecule has 0 radical (unpaired) electrons. The van der Waals surface area contributed by atoms with Gasteiger partial charge in [-0.15, -0.1) is 0 Å². The molecule has 0 unspecified atom stereocenters. The number of nitrogens with one attached hydrogen (secondary N) is 1. The Hall–Kier alpha value is -2.36. The lowest BCUT2D eigenvalue weighted by Gasteiger charge is -2.16. The van der Waals surface area contributed by atoms with Crippen molar-refractivity contribution < 1.29 is 9.47 Å². The normalized spacial score (nSPS) is 10.5.